The molecule has 0 fully saturated rings. The molecule has 0 N–H and O–H groups in total. The van der Waals surface area contributed by atoms with E-state index in [1.165, 1.54) is 16.7 Å². The molecule has 1 atom stereocenters. The molecule has 2 aromatic carbocycles. The van der Waals surface area contributed by atoms with Crippen LogP contribution in [0.2, 0.25) is 5.02 Å². The quantitative estimate of drug-likeness (QED) is 0.663. The number of hydrogen-bond acceptors (Lipinski definition) is 0. The predicted molar refractivity (Wildman–Crippen MR) is 82.5 cm³/mol. The Balaban J connectivity index is 2.04. The van der Waals surface area contributed by atoms with Crippen molar-refractivity contribution >= 4 is 11.6 Å². The zero-order valence-corrected chi connectivity index (χ0v) is 11.3. The number of benzene rings is 2. The molecule has 1 unspecified atom stereocenters. The molecule has 0 saturated carbocycles. The topological polar surface area (TPSA) is 0 Å². The zero-order chi connectivity index (χ0) is 13.1. The van der Waals surface area contributed by atoms with Gasteiger partial charge in [0.25, 0.3) is 0 Å². The SMILES string of the molecule is Clc1ccc(-c2ccccc2C2C=CC=CC2)cc1. The average molecular weight is 267 g/mol. The lowest BCUT2D eigenvalue weighted by Crippen LogP contribution is -1.98. The minimum absolute atomic E-state index is 0.469. The van der Waals surface area contributed by atoms with Crippen LogP contribution in [-0.4, -0.2) is 0 Å². The smallest absolute Gasteiger partial charge is 0.0406 e. The van der Waals surface area contributed by atoms with Gasteiger partial charge >= 0.3 is 0 Å². The van der Waals surface area contributed by atoms with E-state index in [4.69, 9.17) is 11.6 Å². The highest BCUT2D eigenvalue weighted by molar-refractivity contribution is 6.30. The van der Waals surface area contributed by atoms with Crippen molar-refractivity contribution in [1.29, 1.82) is 0 Å². The summed E-state index contributed by atoms with van der Waals surface area (Å²) in [6, 6.07) is 16.7. The van der Waals surface area contributed by atoms with Gasteiger partial charge in [-0.15, -0.1) is 0 Å². The Labute approximate surface area is 119 Å². The summed E-state index contributed by atoms with van der Waals surface area (Å²) in [6.07, 6.45) is 9.81. The predicted octanol–water partition coefficient (Wildman–Crippen LogP) is 5.61. The van der Waals surface area contributed by atoms with Crippen LogP contribution in [0, 0.1) is 0 Å². The second kappa shape index (κ2) is 5.46. The summed E-state index contributed by atoms with van der Waals surface area (Å²) in [5, 5.41) is 0.779. The standard InChI is InChI=1S/C18H15Cl/c19-16-12-10-15(11-13-16)18-9-5-4-8-17(18)14-6-2-1-3-7-14/h1-6,8-14H,7H2. The third-order valence-corrected chi connectivity index (χ3v) is 3.75. The van der Waals surface area contributed by atoms with Gasteiger partial charge in [-0.05, 0) is 35.2 Å². The fraction of sp³-hybridized carbons (Fsp3) is 0.111. The van der Waals surface area contributed by atoms with Crippen LogP contribution in [0.1, 0.15) is 17.9 Å². The lowest BCUT2D eigenvalue weighted by molar-refractivity contribution is 0.856. The van der Waals surface area contributed by atoms with Crippen LogP contribution in [0.15, 0.2) is 72.8 Å². The van der Waals surface area contributed by atoms with Crippen LogP contribution in [0.5, 0.6) is 0 Å². The first-order chi connectivity index (χ1) is 9.34. The third-order valence-electron chi connectivity index (χ3n) is 3.50. The molecule has 0 spiro atoms. The van der Waals surface area contributed by atoms with Gasteiger partial charge in [-0.1, -0.05) is 72.3 Å². The molecular formula is C18H15Cl. The van der Waals surface area contributed by atoms with Crippen molar-refractivity contribution < 1.29 is 0 Å². The Morgan fingerprint density at radius 1 is 0.895 bits per heavy atom. The van der Waals surface area contributed by atoms with Crippen molar-refractivity contribution in [2.75, 3.05) is 0 Å². The number of allylic oxidation sites excluding steroid dienone is 4. The maximum atomic E-state index is 5.97. The van der Waals surface area contributed by atoms with E-state index in [0.29, 0.717) is 5.92 Å². The Kier molecular flexibility index (Phi) is 3.52. The lowest BCUT2D eigenvalue weighted by Gasteiger charge is -2.18. The van der Waals surface area contributed by atoms with Crippen molar-refractivity contribution in [2.45, 2.75) is 12.3 Å². The fourth-order valence-electron chi connectivity index (χ4n) is 2.52. The molecule has 0 aliphatic heterocycles. The zero-order valence-electron chi connectivity index (χ0n) is 10.6. The Morgan fingerprint density at radius 2 is 1.68 bits per heavy atom. The van der Waals surface area contributed by atoms with E-state index >= 15 is 0 Å². The molecule has 94 valence electrons. The van der Waals surface area contributed by atoms with Crippen molar-refractivity contribution in [3.8, 4) is 11.1 Å². The summed E-state index contributed by atoms with van der Waals surface area (Å²) in [6.45, 7) is 0. The van der Waals surface area contributed by atoms with Crippen LogP contribution < -0.4 is 0 Å². The molecule has 19 heavy (non-hydrogen) atoms. The Hall–Kier alpha value is -1.79. The molecule has 1 heteroatoms. The first-order valence-electron chi connectivity index (χ1n) is 6.53. The first kappa shape index (κ1) is 12.3. The maximum absolute atomic E-state index is 5.97. The summed E-state index contributed by atoms with van der Waals surface area (Å²) in [5.41, 5.74) is 3.90. The Bertz CT molecular complexity index is 620. The summed E-state index contributed by atoms with van der Waals surface area (Å²) in [7, 11) is 0. The van der Waals surface area contributed by atoms with Gasteiger partial charge in [-0.2, -0.15) is 0 Å². The highest BCUT2D eigenvalue weighted by Gasteiger charge is 2.13. The summed E-state index contributed by atoms with van der Waals surface area (Å²) < 4.78 is 0. The number of rotatable bonds is 2. The van der Waals surface area contributed by atoms with Gasteiger partial charge in [-0.3, -0.25) is 0 Å². The van der Waals surface area contributed by atoms with Crippen molar-refractivity contribution in [3.63, 3.8) is 0 Å². The number of halogens is 1. The Morgan fingerprint density at radius 3 is 2.42 bits per heavy atom. The molecule has 0 nitrogen and oxygen atoms in total. The van der Waals surface area contributed by atoms with Gasteiger partial charge < -0.3 is 0 Å². The van der Waals surface area contributed by atoms with E-state index in [0.717, 1.165) is 11.4 Å². The van der Waals surface area contributed by atoms with E-state index in [9.17, 15) is 0 Å². The van der Waals surface area contributed by atoms with E-state index in [1.807, 2.05) is 12.1 Å². The van der Waals surface area contributed by atoms with Crippen molar-refractivity contribution in [1.82, 2.24) is 0 Å². The van der Waals surface area contributed by atoms with Gasteiger partial charge in [0.05, 0.1) is 0 Å². The minimum Gasteiger partial charge on any atom is -0.0843 e. The molecule has 1 aliphatic rings. The van der Waals surface area contributed by atoms with Crippen LogP contribution in [-0.2, 0) is 0 Å². The van der Waals surface area contributed by atoms with Crippen LogP contribution in [0.25, 0.3) is 11.1 Å². The second-order valence-electron chi connectivity index (χ2n) is 4.75. The van der Waals surface area contributed by atoms with E-state index < -0.39 is 0 Å². The monoisotopic (exact) mass is 266 g/mol. The first-order valence-corrected chi connectivity index (χ1v) is 6.90. The van der Waals surface area contributed by atoms with Crippen LogP contribution >= 0.6 is 11.6 Å². The van der Waals surface area contributed by atoms with Crippen molar-refractivity contribution in [3.05, 3.63) is 83.4 Å². The molecular weight excluding hydrogens is 252 g/mol. The maximum Gasteiger partial charge on any atom is 0.0406 e. The molecule has 2 aromatic rings. The molecule has 0 heterocycles. The van der Waals surface area contributed by atoms with Gasteiger partial charge in [0.2, 0.25) is 0 Å². The summed E-state index contributed by atoms with van der Waals surface area (Å²) in [4.78, 5) is 0. The molecule has 1 aliphatic carbocycles. The third kappa shape index (κ3) is 2.64. The van der Waals surface area contributed by atoms with E-state index in [1.54, 1.807) is 0 Å². The normalized spacial score (nSPS) is 17.6. The van der Waals surface area contributed by atoms with Gasteiger partial charge in [0, 0.05) is 10.9 Å². The minimum atomic E-state index is 0.469. The summed E-state index contributed by atoms with van der Waals surface area (Å²) >= 11 is 5.97. The highest BCUT2D eigenvalue weighted by Crippen LogP contribution is 2.33. The molecule has 0 bridgehead atoms. The number of hydrogen-bond donors (Lipinski definition) is 0. The highest BCUT2D eigenvalue weighted by atomic mass is 35.5. The largest absolute Gasteiger partial charge is 0.0843 e. The van der Waals surface area contributed by atoms with Gasteiger partial charge in [-0.25, -0.2) is 0 Å². The second-order valence-corrected chi connectivity index (χ2v) is 5.19. The molecule has 0 aromatic heterocycles. The average Bonchev–Trinajstić information content (AvgIpc) is 2.49. The van der Waals surface area contributed by atoms with Crippen molar-refractivity contribution in [2.24, 2.45) is 0 Å². The lowest BCUT2D eigenvalue weighted by atomic mass is 9.87. The fourth-order valence-corrected chi connectivity index (χ4v) is 2.65. The van der Waals surface area contributed by atoms with E-state index in [-0.39, 0.29) is 0 Å². The molecule has 0 radical (unpaired) electrons. The van der Waals surface area contributed by atoms with E-state index in [2.05, 4.69) is 60.7 Å². The van der Waals surface area contributed by atoms with Gasteiger partial charge in [0.15, 0.2) is 0 Å². The summed E-state index contributed by atoms with van der Waals surface area (Å²) in [5.74, 6) is 0.469. The molecule has 3 rings (SSSR count). The molecule has 0 amide bonds. The van der Waals surface area contributed by atoms with Crippen LogP contribution in [0.4, 0.5) is 0 Å². The van der Waals surface area contributed by atoms with Gasteiger partial charge in [0.1, 0.15) is 0 Å². The molecule has 0 saturated heterocycles. The van der Waals surface area contributed by atoms with Crippen LogP contribution in [0.3, 0.4) is 0 Å².